The van der Waals surface area contributed by atoms with Crippen LogP contribution in [-0.2, 0) is 27.9 Å². The fourth-order valence-electron chi connectivity index (χ4n) is 5.39. The smallest absolute Gasteiger partial charge is 0.306 e. The second kappa shape index (κ2) is 38.8. The fourth-order valence-corrected chi connectivity index (χ4v) is 6.12. The number of esters is 1. The number of rotatable bonds is 39. The van der Waals surface area contributed by atoms with E-state index in [1.54, 1.807) is 0 Å². The van der Waals surface area contributed by atoms with Gasteiger partial charge in [-0.05, 0) is 83.5 Å². The van der Waals surface area contributed by atoms with Gasteiger partial charge in [0, 0.05) is 13.0 Å². The molecular formula is C46H82NO7P. The maximum atomic E-state index is 12.7. The molecule has 0 aromatic rings. The molecule has 55 heavy (non-hydrogen) atoms. The molecule has 0 heterocycles. The molecule has 0 spiro atoms. The van der Waals surface area contributed by atoms with E-state index in [1.807, 2.05) is 21.1 Å². The normalized spacial score (nSPS) is 14.5. The van der Waals surface area contributed by atoms with Gasteiger partial charge in [0.05, 0.1) is 34.4 Å². The van der Waals surface area contributed by atoms with Crippen LogP contribution in [0.5, 0.6) is 0 Å². The average molecular weight is 792 g/mol. The van der Waals surface area contributed by atoms with E-state index in [-0.39, 0.29) is 32.2 Å². The van der Waals surface area contributed by atoms with Crippen LogP contribution in [0.3, 0.4) is 0 Å². The molecule has 0 N–H and O–H groups in total. The van der Waals surface area contributed by atoms with Crippen molar-refractivity contribution < 1.29 is 37.3 Å². The Morgan fingerprint density at radius 1 is 0.582 bits per heavy atom. The van der Waals surface area contributed by atoms with Crippen LogP contribution in [0.25, 0.3) is 0 Å². The van der Waals surface area contributed by atoms with E-state index >= 15 is 0 Å². The lowest BCUT2D eigenvalue weighted by molar-refractivity contribution is -0.870. The number of hydrogen-bond acceptors (Lipinski definition) is 7. The molecule has 2 unspecified atom stereocenters. The lowest BCUT2D eigenvalue weighted by Crippen LogP contribution is -2.37. The number of likely N-dealkylation sites (N-methyl/N-ethyl adjacent to an activating group) is 1. The number of quaternary nitrogens is 1. The van der Waals surface area contributed by atoms with Crippen molar-refractivity contribution in [2.45, 2.75) is 161 Å². The number of allylic oxidation sites excluding steroid dienone is 12. The second-order valence-electron chi connectivity index (χ2n) is 15.3. The van der Waals surface area contributed by atoms with E-state index in [1.165, 1.54) is 38.5 Å². The van der Waals surface area contributed by atoms with Gasteiger partial charge in [0.25, 0.3) is 7.82 Å². The molecule has 0 aromatic heterocycles. The van der Waals surface area contributed by atoms with Crippen LogP contribution in [0.2, 0.25) is 0 Å². The molecule has 0 aliphatic rings. The minimum absolute atomic E-state index is 0.0148. The Balaban J connectivity index is 4.31. The first-order valence-electron chi connectivity index (χ1n) is 21.7. The first kappa shape index (κ1) is 52.9. The minimum Gasteiger partial charge on any atom is -0.756 e. The van der Waals surface area contributed by atoms with Crippen molar-refractivity contribution in [1.82, 2.24) is 0 Å². The third-order valence-corrected chi connectivity index (χ3v) is 9.71. The standard InChI is InChI=1S/C46H82NO7P/c1-6-8-10-12-14-16-18-20-22-23-24-25-26-27-29-31-33-35-37-39-46(48)54-45(44-53-55(49,50)52-42-40-47(3,4)5)43-51-41-38-36-34-32-30-28-21-19-17-15-13-11-9-7-2/h9,11,14-17,20-22,24-25,28,45H,6-8,10,12-13,18-19,23,26-27,29-44H2,1-5H3/b11-9-,16-14-,17-15-,22-20-,25-24-,28-21-. The summed E-state index contributed by atoms with van der Waals surface area (Å²) in [5.74, 6) is -0.358. The molecule has 0 fully saturated rings. The molecule has 0 bridgehead atoms. The lowest BCUT2D eigenvalue weighted by Gasteiger charge is -2.28. The van der Waals surface area contributed by atoms with Crippen molar-refractivity contribution in [2.24, 2.45) is 0 Å². The highest BCUT2D eigenvalue weighted by atomic mass is 31.2. The zero-order chi connectivity index (χ0) is 40.6. The number of unbranched alkanes of at least 4 members (excludes halogenated alkanes) is 13. The number of carbonyl (C=O) groups excluding carboxylic acids is 1. The summed E-state index contributed by atoms with van der Waals surface area (Å²) in [7, 11) is 1.32. The lowest BCUT2D eigenvalue weighted by atomic mass is 10.1. The number of nitrogens with zero attached hydrogens (tertiary/aromatic N) is 1. The van der Waals surface area contributed by atoms with Crippen LogP contribution >= 0.6 is 7.82 Å². The van der Waals surface area contributed by atoms with Crippen molar-refractivity contribution in [2.75, 3.05) is 54.1 Å². The Kier molecular flexibility index (Phi) is 37.3. The highest BCUT2D eigenvalue weighted by Gasteiger charge is 2.20. The maximum absolute atomic E-state index is 12.7. The molecule has 2 atom stereocenters. The summed E-state index contributed by atoms with van der Waals surface area (Å²) in [6, 6.07) is 0. The van der Waals surface area contributed by atoms with Crippen LogP contribution in [0.1, 0.15) is 155 Å². The van der Waals surface area contributed by atoms with E-state index in [0.29, 0.717) is 17.6 Å². The zero-order valence-electron chi connectivity index (χ0n) is 35.8. The highest BCUT2D eigenvalue weighted by molar-refractivity contribution is 7.45. The third-order valence-electron chi connectivity index (χ3n) is 8.74. The monoisotopic (exact) mass is 792 g/mol. The Labute approximate surface area is 338 Å². The predicted octanol–water partition coefficient (Wildman–Crippen LogP) is 12.1. The SMILES string of the molecule is CC/C=C\C/C=C\C/C=C\CCCCCCOCC(COP(=O)([O-])OCC[N+](C)(C)C)OC(=O)CCCCCCCC/C=C\C/C=C\C/C=C\CCCCC. The molecule has 0 radical (unpaired) electrons. The highest BCUT2D eigenvalue weighted by Crippen LogP contribution is 2.38. The van der Waals surface area contributed by atoms with Crippen LogP contribution in [0.15, 0.2) is 72.9 Å². The molecule has 0 aliphatic carbocycles. The predicted molar refractivity (Wildman–Crippen MR) is 231 cm³/mol. The summed E-state index contributed by atoms with van der Waals surface area (Å²) in [5.41, 5.74) is 0. The van der Waals surface area contributed by atoms with Gasteiger partial charge >= 0.3 is 5.97 Å². The summed E-state index contributed by atoms with van der Waals surface area (Å²) in [6.07, 6.45) is 49.1. The largest absolute Gasteiger partial charge is 0.756 e. The van der Waals surface area contributed by atoms with Crippen molar-refractivity contribution >= 4 is 13.8 Å². The number of carbonyl (C=O) groups is 1. The summed E-state index contributed by atoms with van der Waals surface area (Å²) < 4.78 is 34.5. The third kappa shape index (κ3) is 42.9. The molecule has 0 aliphatic heterocycles. The quantitative estimate of drug-likeness (QED) is 0.0201. The Hall–Kier alpha value is -2.06. The van der Waals surface area contributed by atoms with Crippen LogP contribution in [0, 0.1) is 0 Å². The molecule has 0 rings (SSSR count). The van der Waals surface area contributed by atoms with E-state index in [4.69, 9.17) is 18.5 Å². The summed E-state index contributed by atoms with van der Waals surface area (Å²) in [5, 5.41) is 0. The number of hydrogen-bond donors (Lipinski definition) is 0. The summed E-state index contributed by atoms with van der Waals surface area (Å²) in [6.45, 7) is 5.17. The van der Waals surface area contributed by atoms with Gasteiger partial charge in [-0.15, -0.1) is 0 Å². The Morgan fingerprint density at radius 3 is 1.58 bits per heavy atom. The van der Waals surface area contributed by atoms with Gasteiger partial charge in [0.1, 0.15) is 19.3 Å². The molecule has 8 nitrogen and oxygen atoms in total. The van der Waals surface area contributed by atoms with Crippen LogP contribution in [0.4, 0.5) is 0 Å². The number of phosphoric acid groups is 1. The first-order chi connectivity index (χ1) is 26.6. The average Bonchev–Trinajstić information content (AvgIpc) is 3.13. The van der Waals surface area contributed by atoms with E-state index < -0.39 is 13.9 Å². The molecular weight excluding hydrogens is 709 g/mol. The van der Waals surface area contributed by atoms with E-state index in [0.717, 1.165) is 96.3 Å². The zero-order valence-corrected chi connectivity index (χ0v) is 36.7. The molecule has 0 aromatic carbocycles. The second-order valence-corrected chi connectivity index (χ2v) is 16.7. The molecule has 0 saturated heterocycles. The summed E-state index contributed by atoms with van der Waals surface area (Å²) in [4.78, 5) is 25.0. The maximum Gasteiger partial charge on any atom is 0.306 e. The van der Waals surface area contributed by atoms with Gasteiger partial charge in [-0.25, -0.2) is 0 Å². The molecule has 318 valence electrons. The van der Waals surface area contributed by atoms with Gasteiger partial charge in [0.15, 0.2) is 0 Å². The van der Waals surface area contributed by atoms with Crippen LogP contribution in [-0.4, -0.2) is 70.7 Å². The molecule has 0 saturated carbocycles. The van der Waals surface area contributed by atoms with Gasteiger partial charge in [-0.2, -0.15) is 0 Å². The minimum atomic E-state index is -4.54. The van der Waals surface area contributed by atoms with Crippen molar-refractivity contribution in [3.63, 3.8) is 0 Å². The van der Waals surface area contributed by atoms with Gasteiger partial charge in [-0.3, -0.25) is 9.36 Å². The van der Waals surface area contributed by atoms with Crippen molar-refractivity contribution in [3.8, 4) is 0 Å². The van der Waals surface area contributed by atoms with Gasteiger partial charge in [0.2, 0.25) is 0 Å². The fraction of sp³-hybridized carbons (Fsp3) is 0.717. The van der Waals surface area contributed by atoms with Crippen LogP contribution < -0.4 is 4.89 Å². The Bertz CT molecular complexity index is 1110. The number of phosphoric ester groups is 1. The van der Waals surface area contributed by atoms with Gasteiger partial charge in [-0.1, -0.05) is 138 Å². The van der Waals surface area contributed by atoms with Crippen molar-refractivity contribution in [1.29, 1.82) is 0 Å². The van der Waals surface area contributed by atoms with Gasteiger partial charge < -0.3 is 27.9 Å². The molecule has 0 amide bonds. The first-order valence-corrected chi connectivity index (χ1v) is 23.1. The van der Waals surface area contributed by atoms with Crippen molar-refractivity contribution in [3.05, 3.63) is 72.9 Å². The van der Waals surface area contributed by atoms with E-state index in [9.17, 15) is 14.3 Å². The van der Waals surface area contributed by atoms with E-state index in [2.05, 4.69) is 86.8 Å². The summed E-state index contributed by atoms with van der Waals surface area (Å²) >= 11 is 0. The topological polar surface area (TPSA) is 94.1 Å². The molecule has 9 heteroatoms. The Morgan fingerprint density at radius 2 is 1.05 bits per heavy atom. The number of ether oxygens (including phenoxy) is 2.